The topological polar surface area (TPSA) is 42.7 Å². The van der Waals surface area contributed by atoms with E-state index in [4.69, 9.17) is 0 Å². The third-order valence-electron chi connectivity index (χ3n) is 2.78. The Kier molecular flexibility index (Phi) is 3.57. The van der Waals surface area contributed by atoms with Gasteiger partial charge in [-0.25, -0.2) is 4.98 Å². The van der Waals surface area contributed by atoms with Gasteiger partial charge >= 0.3 is 6.18 Å². The molecule has 0 saturated heterocycles. The van der Waals surface area contributed by atoms with Crippen LogP contribution in [0.3, 0.4) is 0 Å². The lowest BCUT2D eigenvalue weighted by Crippen LogP contribution is -2.22. The summed E-state index contributed by atoms with van der Waals surface area (Å²) in [4.78, 5) is 7.88. The van der Waals surface area contributed by atoms with Crippen molar-refractivity contribution >= 4 is 0 Å². The van der Waals surface area contributed by atoms with Gasteiger partial charge in [-0.15, -0.1) is 0 Å². The van der Waals surface area contributed by atoms with Crippen LogP contribution in [-0.2, 0) is 13.2 Å². The average Bonchev–Trinajstić information content (AvgIpc) is 2.76. The van der Waals surface area contributed by atoms with Crippen molar-refractivity contribution in [3.63, 3.8) is 0 Å². The molecule has 4 nitrogen and oxygen atoms in total. The second kappa shape index (κ2) is 5.00. The molecule has 1 unspecified atom stereocenters. The first kappa shape index (κ1) is 13.5. The first-order valence-electron chi connectivity index (χ1n) is 5.59. The summed E-state index contributed by atoms with van der Waals surface area (Å²) in [6, 6.07) is 0.328. The second-order valence-electron chi connectivity index (χ2n) is 4.15. The molecular weight excluding hydrogens is 257 g/mol. The number of halogens is 3. The van der Waals surface area contributed by atoms with Gasteiger partial charge in [0.25, 0.3) is 0 Å². The Morgan fingerprint density at radius 2 is 2.11 bits per heavy atom. The number of aromatic nitrogens is 3. The average molecular weight is 270 g/mol. The number of alkyl halides is 3. The molecule has 0 amide bonds. The molecule has 0 aliphatic heterocycles. The number of pyridine rings is 1. The van der Waals surface area contributed by atoms with Gasteiger partial charge in [0.05, 0.1) is 23.6 Å². The fourth-order valence-electron chi connectivity index (χ4n) is 1.94. The molecule has 0 fully saturated rings. The highest BCUT2D eigenvalue weighted by molar-refractivity contribution is 5.34. The maximum atomic E-state index is 13.0. The number of imidazole rings is 1. The minimum atomic E-state index is -4.41. The van der Waals surface area contributed by atoms with Gasteiger partial charge in [-0.05, 0) is 13.1 Å². The van der Waals surface area contributed by atoms with E-state index >= 15 is 0 Å². The molecule has 2 aromatic rings. The standard InChI is InChI=1S/C12H13F3N4/c1-16-11(10-6-19(2)7-18-10)8-5-17-4-3-9(8)12(13,14)15/h3-7,11,16H,1-2H3. The Hall–Kier alpha value is -1.89. The lowest BCUT2D eigenvalue weighted by Gasteiger charge is -2.19. The molecule has 0 bridgehead atoms. The first-order valence-corrected chi connectivity index (χ1v) is 5.59. The van der Waals surface area contributed by atoms with E-state index < -0.39 is 17.8 Å². The highest BCUT2D eigenvalue weighted by atomic mass is 19.4. The zero-order chi connectivity index (χ0) is 14.0. The van der Waals surface area contributed by atoms with Crippen molar-refractivity contribution in [2.75, 3.05) is 7.05 Å². The van der Waals surface area contributed by atoms with Gasteiger partial charge in [-0.2, -0.15) is 13.2 Å². The predicted octanol–water partition coefficient (Wildman–Crippen LogP) is 2.14. The zero-order valence-electron chi connectivity index (χ0n) is 10.4. The van der Waals surface area contributed by atoms with Crippen LogP contribution in [0.2, 0.25) is 0 Å². The van der Waals surface area contributed by atoms with Crippen LogP contribution < -0.4 is 5.32 Å². The van der Waals surface area contributed by atoms with Crippen molar-refractivity contribution in [1.29, 1.82) is 0 Å². The van der Waals surface area contributed by atoms with Crippen molar-refractivity contribution in [3.05, 3.63) is 47.8 Å². The molecule has 0 aliphatic carbocycles. The fraction of sp³-hybridized carbons (Fsp3) is 0.333. The van der Waals surface area contributed by atoms with E-state index in [1.165, 1.54) is 6.20 Å². The summed E-state index contributed by atoms with van der Waals surface area (Å²) in [5.74, 6) is 0. The SMILES string of the molecule is CNC(c1cn(C)cn1)c1cnccc1C(F)(F)F. The van der Waals surface area contributed by atoms with Crippen molar-refractivity contribution in [3.8, 4) is 0 Å². The van der Waals surface area contributed by atoms with E-state index in [1.54, 1.807) is 31.2 Å². The molecular formula is C12H13F3N4. The maximum absolute atomic E-state index is 13.0. The minimum Gasteiger partial charge on any atom is -0.340 e. The summed E-state index contributed by atoms with van der Waals surface area (Å²) in [6.07, 6.45) is 1.16. The number of nitrogens with one attached hydrogen (secondary N) is 1. The van der Waals surface area contributed by atoms with Gasteiger partial charge in [0.15, 0.2) is 0 Å². The van der Waals surface area contributed by atoms with Crippen LogP contribution in [0, 0.1) is 0 Å². The molecule has 2 aromatic heterocycles. The van der Waals surface area contributed by atoms with Crippen LogP contribution in [-0.4, -0.2) is 21.6 Å². The van der Waals surface area contributed by atoms with Crippen LogP contribution in [0.4, 0.5) is 13.2 Å². The van der Waals surface area contributed by atoms with E-state index in [0.717, 1.165) is 12.3 Å². The Morgan fingerprint density at radius 3 is 2.63 bits per heavy atom. The molecule has 0 radical (unpaired) electrons. The van der Waals surface area contributed by atoms with E-state index in [1.807, 2.05) is 0 Å². The Balaban J connectivity index is 2.50. The molecule has 0 saturated carbocycles. The molecule has 102 valence electrons. The van der Waals surface area contributed by atoms with Gasteiger partial charge in [-0.1, -0.05) is 0 Å². The Morgan fingerprint density at radius 1 is 1.37 bits per heavy atom. The Bertz CT molecular complexity index is 562. The van der Waals surface area contributed by atoms with Crippen LogP contribution in [0.15, 0.2) is 31.0 Å². The molecule has 0 aromatic carbocycles. The van der Waals surface area contributed by atoms with Gasteiger partial charge in [0.1, 0.15) is 0 Å². The third kappa shape index (κ3) is 2.76. The summed E-state index contributed by atoms with van der Waals surface area (Å²) < 4.78 is 40.6. The monoisotopic (exact) mass is 270 g/mol. The molecule has 7 heteroatoms. The van der Waals surface area contributed by atoms with E-state index in [2.05, 4.69) is 15.3 Å². The molecule has 19 heavy (non-hydrogen) atoms. The highest BCUT2D eigenvalue weighted by Crippen LogP contribution is 2.35. The van der Waals surface area contributed by atoms with Gasteiger partial charge < -0.3 is 9.88 Å². The van der Waals surface area contributed by atoms with Crippen molar-refractivity contribution in [2.24, 2.45) is 7.05 Å². The van der Waals surface area contributed by atoms with Gasteiger partial charge in [0, 0.05) is 31.2 Å². The number of nitrogens with zero attached hydrogens (tertiary/aromatic N) is 3. The lowest BCUT2D eigenvalue weighted by atomic mass is 10.0. The molecule has 2 rings (SSSR count). The summed E-state index contributed by atoms with van der Waals surface area (Å²) in [6.45, 7) is 0. The minimum absolute atomic E-state index is 0.0659. The van der Waals surface area contributed by atoms with Crippen LogP contribution in [0.25, 0.3) is 0 Å². The van der Waals surface area contributed by atoms with Crippen LogP contribution in [0.1, 0.15) is 22.9 Å². The van der Waals surface area contributed by atoms with Crippen LogP contribution >= 0.6 is 0 Å². The van der Waals surface area contributed by atoms with Crippen LogP contribution in [0.5, 0.6) is 0 Å². The summed E-state index contributed by atoms with van der Waals surface area (Å²) in [7, 11) is 3.35. The van der Waals surface area contributed by atoms with Gasteiger partial charge in [0.2, 0.25) is 0 Å². The normalized spacial score (nSPS) is 13.5. The molecule has 2 heterocycles. The lowest BCUT2D eigenvalue weighted by molar-refractivity contribution is -0.138. The van der Waals surface area contributed by atoms with E-state index in [9.17, 15) is 13.2 Å². The maximum Gasteiger partial charge on any atom is 0.416 e. The van der Waals surface area contributed by atoms with E-state index in [-0.39, 0.29) is 5.56 Å². The molecule has 0 spiro atoms. The largest absolute Gasteiger partial charge is 0.416 e. The summed E-state index contributed by atoms with van der Waals surface area (Å²) >= 11 is 0. The van der Waals surface area contributed by atoms with E-state index in [0.29, 0.717) is 5.69 Å². The van der Waals surface area contributed by atoms with Crippen molar-refractivity contribution < 1.29 is 13.2 Å². The predicted molar refractivity (Wildman–Crippen MR) is 63.3 cm³/mol. The second-order valence-corrected chi connectivity index (χ2v) is 4.15. The fourth-order valence-corrected chi connectivity index (χ4v) is 1.94. The quantitative estimate of drug-likeness (QED) is 0.929. The molecule has 1 atom stereocenters. The van der Waals surface area contributed by atoms with Crippen molar-refractivity contribution in [2.45, 2.75) is 12.2 Å². The number of hydrogen-bond acceptors (Lipinski definition) is 3. The summed E-state index contributed by atoms with van der Waals surface area (Å²) in [5, 5.41) is 2.84. The van der Waals surface area contributed by atoms with Crippen molar-refractivity contribution in [1.82, 2.24) is 19.9 Å². The number of hydrogen-bond donors (Lipinski definition) is 1. The molecule has 0 aliphatic rings. The summed E-state index contributed by atoms with van der Waals surface area (Å²) in [5.41, 5.74) is -0.118. The molecule has 1 N–H and O–H groups in total. The third-order valence-corrected chi connectivity index (χ3v) is 2.78. The number of aryl methyl sites for hydroxylation is 1. The first-order chi connectivity index (χ1) is 8.93. The highest BCUT2D eigenvalue weighted by Gasteiger charge is 2.35. The smallest absolute Gasteiger partial charge is 0.340 e. The number of rotatable bonds is 3. The Labute approximate surface area is 108 Å². The van der Waals surface area contributed by atoms with Gasteiger partial charge in [-0.3, -0.25) is 4.98 Å². The zero-order valence-corrected chi connectivity index (χ0v) is 10.4.